The topological polar surface area (TPSA) is 86.7 Å². The van der Waals surface area contributed by atoms with Crippen LogP contribution in [0.5, 0.6) is 0 Å². The molecule has 2 N–H and O–H groups in total. The minimum atomic E-state index is -3.82. The number of nitrogens with zero attached hydrogens (tertiary/aromatic N) is 1. The number of amides is 1. The number of carbonyl (C=O) groups is 1. The molecule has 1 heterocycles. The molecule has 0 radical (unpaired) electrons. The summed E-state index contributed by atoms with van der Waals surface area (Å²) in [5.41, 5.74) is 0. The van der Waals surface area contributed by atoms with E-state index in [2.05, 4.69) is 0 Å². The highest BCUT2D eigenvalue weighted by atomic mass is 32.2. The monoisotopic (exact) mass is 222 g/mol. The summed E-state index contributed by atoms with van der Waals surface area (Å²) in [5, 5.41) is 8.33. The average Bonchev–Trinajstić information content (AvgIpc) is 2.28. The van der Waals surface area contributed by atoms with Gasteiger partial charge in [-0.25, -0.2) is 9.52 Å². The molecule has 1 rings (SSSR count). The Morgan fingerprint density at radius 1 is 1.14 bits per heavy atom. The van der Waals surface area contributed by atoms with Crippen molar-refractivity contribution < 1.29 is 18.3 Å². The zero-order chi connectivity index (χ0) is 10.6. The molecule has 0 aromatic rings. The van der Waals surface area contributed by atoms with Crippen LogP contribution in [0.1, 0.15) is 25.7 Å². The molecule has 0 aliphatic carbocycles. The second-order valence-electron chi connectivity index (χ2n) is 3.23. The summed E-state index contributed by atoms with van der Waals surface area (Å²) in [5.74, 6) is 0. The Labute approximate surface area is 83.1 Å². The highest BCUT2D eigenvalue weighted by molar-refractivity contribution is 7.87. The Balaban J connectivity index is 2.64. The summed E-state index contributed by atoms with van der Waals surface area (Å²) in [6.07, 6.45) is 2.05. The molecule has 14 heavy (non-hydrogen) atoms. The van der Waals surface area contributed by atoms with E-state index in [1.54, 1.807) is 0 Å². The molecule has 0 atom stereocenters. The molecule has 1 aliphatic heterocycles. The van der Waals surface area contributed by atoms with Gasteiger partial charge in [-0.15, -0.1) is 0 Å². The molecule has 82 valence electrons. The number of hydrogen-bond donors (Lipinski definition) is 2. The Morgan fingerprint density at radius 2 is 1.64 bits per heavy atom. The van der Waals surface area contributed by atoms with Crippen LogP contribution in [-0.2, 0) is 10.2 Å². The second kappa shape index (κ2) is 4.61. The van der Waals surface area contributed by atoms with Gasteiger partial charge in [0.1, 0.15) is 0 Å². The van der Waals surface area contributed by atoms with Crippen LogP contribution >= 0.6 is 0 Å². The van der Waals surface area contributed by atoms with Crippen LogP contribution in [0.25, 0.3) is 0 Å². The quantitative estimate of drug-likeness (QED) is 0.707. The molecule has 0 bridgehead atoms. The molecule has 1 fully saturated rings. The molecule has 0 aromatic heterocycles. The van der Waals surface area contributed by atoms with Gasteiger partial charge in [0.2, 0.25) is 0 Å². The molecule has 0 saturated carbocycles. The van der Waals surface area contributed by atoms with Crippen molar-refractivity contribution in [3.8, 4) is 0 Å². The fourth-order valence-corrected chi connectivity index (χ4v) is 2.55. The standard InChI is InChI=1S/C7H14N2O4S/c10-7(11)8-14(12,13)9-5-3-1-2-4-6-9/h8H,1-6H2,(H,10,11). The summed E-state index contributed by atoms with van der Waals surface area (Å²) in [7, 11) is -3.82. The third-order valence-electron chi connectivity index (χ3n) is 2.12. The molecular formula is C7H14N2O4S. The van der Waals surface area contributed by atoms with E-state index in [1.807, 2.05) is 0 Å². The Hall–Kier alpha value is -0.820. The van der Waals surface area contributed by atoms with Gasteiger partial charge in [-0.05, 0) is 12.8 Å². The molecule has 1 saturated heterocycles. The SMILES string of the molecule is O=C(O)NS(=O)(=O)N1CCCCCC1. The summed E-state index contributed by atoms with van der Waals surface area (Å²) < 4.78 is 25.5. The number of nitrogens with one attached hydrogen (secondary N) is 1. The third kappa shape index (κ3) is 3.15. The van der Waals surface area contributed by atoms with Crippen molar-refractivity contribution in [2.24, 2.45) is 0 Å². The lowest BCUT2D eigenvalue weighted by Crippen LogP contribution is -2.43. The summed E-state index contributed by atoms with van der Waals surface area (Å²) in [6, 6.07) is 0. The minimum absolute atomic E-state index is 0.405. The predicted octanol–water partition coefficient (Wildman–Crippen LogP) is 0.375. The van der Waals surface area contributed by atoms with Gasteiger partial charge in [0.15, 0.2) is 0 Å². The van der Waals surface area contributed by atoms with Gasteiger partial charge >= 0.3 is 16.3 Å². The van der Waals surface area contributed by atoms with E-state index >= 15 is 0 Å². The van der Waals surface area contributed by atoms with Crippen LogP contribution < -0.4 is 4.72 Å². The van der Waals surface area contributed by atoms with Crippen LogP contribution in [0.15, 0.2) is 0 Å². The van der Waals surface area contributed by atoms with Gasteiger partial charge in [0, 0.05) is 13.1 Å². The number of rotatable bonds is 2. The summed E-state index contributed by atoms with van der Waals surface area (Å²) >= 11 is 0. The van der Waals surface area contributed by atoms with Crippen LogP contribution in [0.3, 0.4) is 0 Å². The Morgan fingerprint density at radius 3 is 2.07 bits per heavy atom. The fourth-order valence-electron chi connectivity index (χ4n) is 1.46. The maximum absolute atomic E-state index is 11.4. The van der Waals surface area contributed by atoms with E-state index in [0.29, 0.717) is 13.1 Å². The van der Waals surface area contributed by atoms with E-state index in [1.165, 1.54) is 9.03 Å². The van der Waals surface area contributed by atoms with E-state index in [4.69, 9.17) is 5.11 Å². The minimum Gasteiger partial charge on any atom is -0.464 e. The normalized spacial score (nSPS) is 20.0. The summed E-state index contributed by atoms with van der Waals surface area (Å²) in [4.78, 5) is 10.2. The highest BCUT2D eigenvalue weighted by Gasteiger charge is 2.24. The van der Waals surface area contributed by atoms with Crippen molar-refractivity contribution in [2.45, 2.75) is 25.7 Å². The zero-order valence-corrected chi connectivity index (χ0v) is 8.59. The van der Waals surface area contributed by atoms with Crippen molar-refractivity contribution >= 4 is 16.3 Å². The lowest BCUT2D eigenvalue weighted by Gasteiger charge is -2.18. The molecule has 1 aliphatic rings. The maximum Gasteiger partial charge on any atom is 0.419 e. The zero-order valence-electron chi connectivity index (χ0n) is 7.77. The molecule has 7 heteroatoms. The molecule has 1 amide bonds. The fraction of sp³-hybridized carbons (Fsp3) is 0.857. The number of carboxylic acid groups (broad SMARTS) is 1. The van der Waals surface area contributed by atoms with E-state index < -0.39 is 16.3 Å². The highest BCUT2D eigenvalue weighted by Crippen LogP contribution is 2.11. The Kier molecular flexibility index (Phi) is 3.70. The third-order valence-corrected chi connectivity index (χ3v) is 3.60. The first-order valence-electron chi connectivity index (χ1n) is 4.53. The van der Waals surface area contributed by atoms with Crippen LogP contribution in [0.4, 0.5) is 4.79 Å². The molecule has 0 aromatic carbocycles. The second-order valence-corrected chi connectivity index (χ2v) is 4.90. The largest absolute Gasteiger partial charge is 0.464 e. The van der Waals surface area contributed by atoms with Gasteiger partial charge in [-0.1, -0.05) is 12.8 Å². The van der Waals surface area contributed by atoms with Gasteiger partial charge in [0.05, 0.1) is 0 Å². The van der Waals surface area contributed by atoms with Gasteiger partial charge in [0.25, 0.3) is 0 Å². The van der Waals surface area contributed by atoms with Crippen molar-refractivity contribution in [2.75, 3.05) is 13.1 Å². The van der Waals surface area contributed by atoms with Crippen LogP contribution in [0, 0.1) is 0 Å². The summed E-state index contributed by atoms with van der Waals surface area (Å²) in [6.45, 7) is 0.811. The smallest absolute Gasteiger partial charge is 0.419 e. The lowest BCUT2D eigenvalue weighted by atomic mass is 10.2. The molecular weight excluding hydrogens is 208 g/mol. The van der Waals surface area contributed by atoms with Crippen molar-refractivity contribution in [1.29, 1.82) is 0 Å². The lowest BCUT2D eigenvalue weighted by molar-refractivity contribution is 0.200. The van der Waals surface area contributed by atoms with Gasteiger partial charge in [-0.3, -0.25) is 0 Å². The van der Waals surface area contributed by atoms with Crippen molar-refractivity contribution in [3.05, 3.63) is 0 Å². The van der Waals surface area contributed by atoms with Crippen LogP contribution in [-0.4, -0.2) is 37.0 Å². The first-order valence-corrected chi connectivity index (χ1v) is 5.97. The first kappa shape index (κ1) is 11.3. The molecule has 6 nitrogen and oxygen atoms in total. The van der Waals surface area contributed by atoms with Gasteiger partial charge < -0.3 is 5.11 Å². The first-order chi connectivity index (χ1) is 6.52. The van der Waals surface area contributed by atoms with E-state index in [9.17, 15) is 13.2 Å². The van der Waals surface area contributed by atoms with Gasteiger partial charge in [-0.2, -0.15) is 12.7 Å². The maximum atomic E-state index is 11.4. The van der Waals surface area contributed by atoms with E-state index in [0.717, 1.165) is 25.7 Å². The molecule has 0 unspecified atom stereocenters. The number of hydrogen-bond acceptors (Lipinski definition) is 3. The van der Waals surface area contributed by atoms with Crippen LogP contribution in [0.2, 0.25) is 0 Å². The predicted molar refractivity (Wildman–Crippen MR) is 50.1 cm³/mol. The Bertz CT molecular complexity index is 293. The molecule has 0 spiro atoms. The van der Waals surface area contributed by atoms with Crippen molar-refractivity contribution in [3.63, 3.8) is 0 Å². The average molecular weight is 222 g/mol. The van der Waals surface area contributed by atoms with Crippen molar-refractivity contribution in [1.82, 2.24) is 9.03 Å². The van der Waals surface area contributed by atoms with E-state index in [-0.39, 0.29) is 0 Å².